The third-order valence-electron chi connectivity index (χ3n) is 2.66. The zero-order valence-electron chi connectivity index (χ0n) is 8.04. The van der Waals surface area contributed by atoms with Crippen LogP contribution in [-0.2, 0) is 4.79 Å². The molecule has 0 radical (unpaired) electrons. The number of hydrogen-bond acceptors (Lipinski definition) is 1. The van der Waals surface area contributed by atoms with Crippen LogP contribution in [0.4, 0.5) is 0 Å². The Labute approximate surface area is 79.6 Å². The van der Waals surface area contributed by atoms with Gasteiger partial charge in [0.1, 0.15) is 0 Å². The molecule has 1 rings (SSSR count). The van der Waals surface area contributed by atoms with E-state index in [1.54, 1.807) is 0 Å². The van der Waals surface area contributed by atoms with Crippen LogP contribution >= 0.6 is 0 Å². The topological polar surface area (TPSA) is 37.3 Å². The average Bonchev–Trinajstić information content (AvgIpc) is 2.01. The van der Waals surface area contributed by atoms with Crippen molar-refractivity contribution in [3.8, 4) is 0 Å². The predicted molar refractivity (Wildman–Crippen MR) is 52.6 cm³/mol. The second kappa shape index (κ2) is 5.79. The van der Waals surface area contributed by atoms with Gasteiger partial charge in [0.25, 0.3) is 0 Å². The molecule has 0 bridgehead atoms. The van der Waals surface area contributed by atoms with Gasteiger partial charge in [-0.15, -0.1) is 0 Å². The maximum absolute atomic E-state index is 10.3. The molecule has 0 saturated heterocycles. The van der Waals surface area contributed by atoms with Gasteiger partial charge in [0.2, 0.25) is 0 Å². The van der Waals surface area contributed by atoms with Gasteiger partial charge in [-0.25, -0.2) is 4.79 Å². The van der Waals surface area contributed by atoms with Gasteiger partial charge in [-0.2, -0.15) is 0 Å². The van der Waals surface area contributed by atoms with Crippen LogP contribution in [0.5, 0.6) is 0 Å². The van der Waals surface area contributed by atoms with Crippen LogP contribution in [0, 0.1) is 5.92 Å². The molecule has 0 atom stereocenters. The van der Waals surface area contributed by atoms with Crippen LogP contribution in [0.1, 0.15) is 44.9 Å². The number of allylic oxidation sites excluding steroid dienone is 1. The summed E-state index contributed by atoms with van der Waals surface area (Å²) in [7, 11) is 0. The molecule has 1 fully saturated rings. The van der Waals surface area contributed by atoms with Gasteiger partial charge in [-0.1, -0.05) is 38.2 Å². The number of hydrogen-bond donors (Lipinski definition) is 1. The molecule has 1 N–H and O–H groups in total. The molecule has 0 unspecified atom stereocenters. The van der Waals surface area contributed by atoms with Crippen LogP contribution < -0.4 is 0 Å². The summed E-state index contributed by atoms with van der Waals surface area (Å²) in [5.74, 6) is -0.307. The van der Waals surface area contributed by atoms with E-state index in [4.69, 9.17) is 5.11 Å². The summed E-state index contributed by atoms with van der Waals surface area (Å²) in [6.07, 6.45) is 12.0. The third-order valence-corrected chi connectivity index (χ3v) is 2.66. The van der Waals surface area contributed by atoms with Crippen LogP contribution in [-0.4, -0.2) is 11.1 Å². The monoisotopic (exact) mass is 182 g/mol. The Morgan fingerprint density at radius 2 is 1.62 bits per heavy atom. The van der Waals surface area contributed by atoms with Crippen molar-refractivity contribution >= 4 is 5.97 Å². The van der Waals surface area contributed by atoms with Crippen LogP contribution in [0.15, 0.2) is 12.2 Å². The standard InChI is InChI=1S/C11H18O2/c12-11(13)9-8-10-6-4-2-1-3-5-7-10/h8-10H,1-7H2,(H,12,13). The molecule has 0 aromatic rings. The molecular formula is C11H18O2. The first-order valence-electron chi connectivity index (χ1n) is 5.20. The lowest BCUT2D eigenvalue weighted by atomic mass is 9.91. The fourth-order valence-electron chi connectivity index (χ4n) is 1.90. The van der Waals surface area contributed by atoms with E-state index >= 15 is 0 Å². The summed E-state index contributed by atoms with van der Waals surface area (Å²) in [6.45, 7) is 0. The molecule has 74 valence electrons. The highest BCUT2D eigenvalue weighted by Crippen LogP contribution is 2.22. The second-order valence-electron chi connectivity index (χ2n) is 3.80. The van der Waals surface area contributed by atoms with Crippen molar-refractivity contribution in [3.05, 3.63) is 12.2 Å². The Hall–Kier alpha value is -0.790. The van der Waals surface area contributed by atoms with Gasteiger partial charge in [-0.05, 0) is 18.8 Å². The molecular weight excluding hydrogens is 164 g/mol. The van der Waals surface area contributed by atoms with Crippen molar-refractivity contribution < 1.29 is 9.90 Å². The summed E-state index contributed by atoms with van der Waals surface area (Å²) in [5.41, 5.74) is 0. The summed E-state index contributed by atoms with van der Waals surface area (Å²) in [4.78, 5) is 10.3. The molecule has 13 heavy (non-hydrogen) atoms. The van der Waals surface area contributed by atoms with Crippen molar-refractivity contribution in [3.63, 3.8) is 0 Å². The van der Waals surface area contributed by atoms with Crippen LogP contribution in [0.25, 0.3) is 0 Å². The lowest BCUT2D eigenvalue weighted by molar-refractivity contribution is -0.131. The van der Waals surface area contributed by atoms with E-state index in [1.807, 2.05) is 6.08 Å². The maximum atomic E-state index is 10.3. The Balaban J connectivity index is 2.33. The van der Waals surface area contributed by atoms with E-state index in [9.17, 15) is 4.79 Å². The van der Waals surface area contributed by atoms with Gasteiger partial charge >= 0.3 is 5.97 Å². The molecule has 2 heteroatoms. The van der Waals surface area contributed by atoms with Crippen molar-refractivity contribution in [2.24, 2.45) is 5.92 Å². The first kappa shape index (κ1) is 10.3. The zero-order valence-corrected chi connectivity index (χ0v) is 8.04. The lowest BCUT2D eigenvalue weighted by Crippen LogP contribution is -2.01. The molecule has 2 nitrogen and oxygen atoms in total. The molecule has 1 saturated carbocycles. The molecule has 0 aromatic heterocycles. The quantitative estimate of drug-likeness (QED) is 0.666. The normalized spacial score (nSPS) is 21.2. The highest BCUT2D eigenvalue weighted by Gasteiger charge is 2.08. The fourth-order valence-corrected chi connectivity index (χ4v) is 1.90. The third kappa shape index (κ3) is 4.71. The fraction of sp³-hybridized carbons (Fsp3) is 0.727. The summed E-state index contributed by atoms with van der Waals surface area (Å²) >= 11 is 0. The van der Waals surface area contributed by atoms with Crippen molar-refractivity contribution in [2.45, 2.75) is 44.9 Å². The zero-order chi connectivity index (χ0) is 9.52. The van der Waals surface area contributed by atoms with E-state index in [0.717, 1.165) is 0 Å². The molecule has 1 aliphatic rings. The molecule has 0 aliphatic heterocycles. The minimum Gasteiger partial charge on any atom is -0.478 e. The van der Waals surface area contributed by atoms with Gasteiger partial charge in [0.15, 0.2) is 0 Å². The van der Waals surface area contributed by atoms with Gasteiger partial charge in [0, 0.05) is 6.08 Å². The Bertz CT molecular complexity index is 177. The first-order chi connectivity index (χ1) is 6.29. The average molecular weight is 182 g/mol. The Morgan fingerprint density at radius 3 is 2.15 bits per heavy atom. The van der Waals surface area contributed by atoms with Crippen LogP contribution in [0.3, 0.4) is 0 Å². The summed E-state index contributed by atoms with van der Waals surface area (Å²) in [5, 5.41) is 8.48. The summed E-state index contributed by atoms with van der Waals surface area (Å²) in [6, 6.07) is 0. The molecule has 0 aromatic carbocycles. The van der Waals surface area contributed by atoms with E-state index in [1.165, 1.54) is 51.0 Å². The number of rotatable bonds is 2. The number of aliphatic carboxylic acids is 1. The SMILES string of the molecule is O=C(O)C=CC1CCCCCCC1. The molecule has 0 heterocycles. The second-order valence-corrected chi connectivity index (χ2v) is 3.80. The lowest BCUT2D eigenvalue weighted by Gasteiger charge is -2.15. The Morgan fingerprint density at radius 1 is 1.08 bits per heavy atom. The highest BCUT2D eigenvalue weighted by molar-refractivity contribution is 5.79. The molecule has 1 aliphatic carbocycles. The van der Waals surface area contributed by atoms with E-state index in [-0.39, 0.29) is 0 Å². The van der Waals surface area contributed by atoms with E-state index < -0.39 is 5.97 Å². The van der Waals surface area contributed by atoms with Gasteiger partial charge < -0.3 is 5.11 Å². The minimum atomic E-state index is -0.818. The predicted octanol–water partition coefficient (Wildman–Crippen LogP) is 2.99. The van der Waals surface area contributed by atoms with Crippen molar-refractivity contribution in [1.82, 2.24) is 0 Å². The molecule has 0 spiro atoms. The number of carbonyl (C=O) groups is 1. The van der Waals surface area contributed by atoms with Crippen LogP contribution in [0.2, 0.25) is 0 Å². The summed E-state index contributed by atoms with van der Waals surface area (Å²) < 4.78 is 0. The number of carboxylic acid groups (broad SMARTS) is 1. The van der Waals surface area contributed by atoms with Gasteiger partial charge in [0.05, 0.1) is 0 Å². The first-order valence-corrected chi connectivity index (χ1v) is 5.20. The largest absolute Gasteiger partial charge is 0.478 e. The highest BCUT2D eigenvalue weighted by atomic mass is 16.4. The smallest absolute Gasteiger partial charge is 0.327 e. The van der Waals surface area contributed by atoms with E-state index in [0.29, 0.717) is 5.92 Å². The Kier molecular flexibility index (Phi) is 4.58. The van der Waals surface area contributed by atoms with Crippen molar-refractivity contribution in [1.29, 1.82) is 0 Å². The van der Waals surface area contributed by atoms with E-state index in [2.05, 4.69) is 0 Å². The maximum Gasteiger partial charge on any atom is 0.327 e. The minimum absolute atomic E-state index is 0.511. The van der Waals surface area contributed by atoms with Crippen molar-refractivity contribution in [2.75, 3.05) is 0 Å². The number of carboxylic acids is 1. The molecule has 0 amide bonds. The van der Waals surface area contributed by atoms with Gasteiger partial charge in [-0.3, -0.25) is 0 Å².